The van der Waals surface area contributed by atoms with E-state index in [1.807, 2.05) is 12.1 Å². The maximum absolute atomic E-state index is 12.2. The second kappa shape index (κ2) is 8.86. The maximum atomic E-state index is 12.2. The Morgan fingerprint density at radius 1 is 1.12 bits per heavy atom. The van der Waals surface area contributed by atoms with E-state index >= 15 is 0 Å². The first kappa shape index (κ1) is 18.5. The van der Waals surface area contributed by atoms with Crippen molar-refractivity contribution < 1.29 is 9.59 Å². The van der Waals surface area contributed by atoms with Crippen LogP contribution in [0.25, 0.3) is 0 Å². The van der Waals surface area contributed by atoms with E-state index in [1.54, 1.807) is 11.8 Å². The van der Waals surface area contributed by atoms with Crippen LogP contribution in [-0.4, -0.2) is 24.4 Å². The number of hydrogen-bond acceptors (Lipinski definition) is 2. The highest BCUT2D eigenvalue weighted by atomic mass is 16.2. The zero-order chi connectivity index (χ0) is 17.5. The van der Waals surface area contributed by atoms with Gasteiger partial charge in [-0.15, -0.1) is 0 Å². The minimum Gasteiger partial charge on any atom is -0.353 e. The maximum Gasteiger partial charge on any atom is 0.223 e. The van der Waals surface area contributed by atoms with Crippen molar-refractivity contribution in [1.29, 1.82) is 0 Å². The summed E-state index contributed by atoms with van der Waals surface area (Å²) in [7, 11) is 0. The molecule has 0 unspecified atom stereocenters. The molecule has 1 saturated carbocycles. The quantitative estimate of drug-likeness (QED) is 0.857. The molecule has 1 aromatic carbocycles. The summed E-state index contributed by atoms with van der Waals surface area (Å²) >= 11 is 0. The number of hydrogen-bond donors (Lipinski definition) is 1. The van der Waals surface area contributed by atoms with Gasteiger partial charge in [-0.05, 0) is 36.5 Å². The van der Waals surface area contributed by atoms with Crippen LogP contribution in [0.2, 0.25) is 0 Å². The summed E-state index contributed by atoms with van der Waals surface area (Å²) in [5.41, 5.74) is 2.11. The van der Waals surface area contributed by atoms with E-state index in [2.05, 4.69) is 31.3 Å². The molecular formula is C20H30N2O2. The van der Waals surface area contributed by atoms with E-state index in [0.717, 1.165) is 18.5 Å². The van der Waals surface area contributed by atoms with Gasteiger partial charge in [0.25, 0.3) is 0 Å². The van der Waals surface area contributed by atoms with Gasteiger partial charge in [0.1, 0.15) is 0 Å². The van der Waals surface area contributed by atoms with Gasteiger partial charge in [0.05, 0.1) is 0 Å². The number of carbonyl (C=O) groups is 2. The van der Waals surface area contributed by atoms with Crippen molar-refractivity contribution in [1.82, 2.24) is 5.32 Å². The van der Waals surface area contributed by atoms with Gasteiger partial charge >= 0.3 is 0 Å². The third-order valence-electron chi connectivity index (χ3n) is 4.78. The van der Waals surface area contributed by atoms with Gasteiger partial charge in [0.15, 0.2) is 0 Å². The molecule has 24 heavy (non-hydrogen) atoms. The second-order valence-electron chi connectivity index (χ2n) is 7.07. The average Bonchev–Trinajstić information content (AvgIpc) is 2.56. The Bertz CT molecular complexity index is 545. The molecule has 4 heteroatoms. The lowest BCUT2D eigenvalue weighted by Crippen LogP contribution is -2.39. The molecule has 0 saturated heterocycles. The molecule has 2 rings (SSSR count). The first-order valence-corrected chi connectivity index (χ1v) is 9.15. The average molecular weight is 330 g/mol. The summed E-state index contributed by atoms with van der Waals surface area (Å²) < 4.78 is 0. The summed E-state index contributed by atoms with van der Waals surface area (Å²) in [6.45, 7) is 6.27. The predicted molar refractivity (Wildman–Crippen MR) is 98.2 cm³/mol. The lowest BCUT2D eigenvalue weighted by atomic mass is 9.95. The Morgan fingerprint density at radius 2 is 1.75 bits per heavy atom. The molecule has 0 aromatic heterocycles. The predicted octanol–water partition coefficient (Wildman–Crippen LogP) is 4.00. The van der Waals surface area contributed by atoms with Gasteiger partial charge in [0.2, 0.25) is 11.8 Å². The zero-order valence-corrected chi connectivity index (χ0v) is 15.2. The summed E-state index contributed by atoms with van der Waals surface area (Å²) in [6, 6.07) is 8.36. The highest BCUT2D eigenvalue weighted by Gasteiger charge is 2.18. The topological polar surface area (TPSA) is 49.4 Å². The van der Waals surface area contributed by atoms with Gasteiger partial charge in [-0.1, -0.05) is 45.2 Å². The fourth-order valence-corrected chi connectivity index (χ4v) is 3.27. The summed E-state index contributed by atoms with van der Waals surface area (Å²) in [5.74, 6) is 0.482. The fraction of sp³-hybridized carbons (Fsp3) is 0.600. The van der Waals surface area contributed by atoms with Gasteiger partial charge in [-0.2, -0.15) is 0 Å². The van der Waals surface area contributed by atoms with Crippen molar-refractivity contribution in [3.63, 3.8) is 0 Å². The zero-order valence-electron chi connectivity index (χ0n) is 15.2. The summed E-state index contributed by atoms with van der Waals surface area (Å²) in [5, 5.41) is 3.11. The van der Waals surface area contributed by atoms with Gasteiger partial charge in [-0.25, -0.2) is 0 Å². The van der Waals surface area contributed by atoms with Crippen LogP contribution in [0.15, 0.2) is 24.3 Å². The van der Waals surface area contributed by atoms with E-state index in [1.165, 1.54) is 24.8 Å². The van der Waals surface area contributed by atoms with E-state index < -0.39 is 0 Å². The summed E-state index contributed by atoms with van der Waals surface area (Å²) in [4.78, 5) is 25.8. The lowest BCUT2D eigenvalue weighted by molar-refractivity contribution is -0.121. The smallest absolute Gasteiger partial charge is 0.223 e. The highest BCUT2D eigenvalue weighted by Crippen LogP contribution is 2.21. The minimum absolute atomic E-state index is 0.0298. The molecule has 0 bridgehead atoms. The van der Waals surface area contributed by atoms with Crippen LogP contribution in [0.1, 0.15) is 70.8 Å². The van der Waals surface area contributed by atoms with Gasteiger partial charge in [-0.3, -0.25) is 9.59 Å². The van der Waals surface area contributed by atoms with Crippen LogP contribution >= 0.6 is 0 Å². The molecule has 0 heterocycles. The second-order valence-corrected chi connectivity index (χ2v) is 7.07. The number of benzene rings is 1. The first-order valence-electron chi connectivity index (χ1n) is 9.15. The molecule has 1 N–H and O–H groups in total. The van der Waals surface area contributed by atoms with E-state index in [-0.39, 0.29) is 11.8 Å². The van der Waals surface area contributed by atoms with Crippen molar-refractivity contribution in [2.45, 2.75) is 71.3 Å². The molecule has 2 amide bonds. The molecule has 0 radical (unpaired) electrons. The Labute approximate surface area is 145 Å². The molecule has 4 nitrogen and oxygen atoms in total. The Balaban J connectivity index is 1.90. The van der Waals surface area contributed by atoms with Gasteiger partial charge in [0, 0.05) is 31.6 Å². The first-order chi connectivity index (χ1) is 11.5. The fourth-order valence-electron chi connectivity index (χ4n) is 3.27. The standard InChI is InChI=1S/C20H30N2O2/c1-15(2)17-9-11-19(12-10-17)22(16(3)23)14-13-20(24)21-18-7-5-4-6-8-18/h9-12,15,18H,4-8,13-14H2,1-3H3,(H,21,24). The molecule has 132 valence electrons. The SMILES string of the molecule is CC(=O)N(CCC(=O)NC1CCCCC1)c1ccc(C(C)C)cc1. The van der Waals surface area contributed by atoms with Crippen LogP contribution in [-0.2, 0) is 9.59 Å². The third kappa shape index (κ3) is 5.36. The monoisotopic (exact) mass is 330 g/mol. The normalized spacial score (nSPS) is 15.3. The minimum atomic E-state index is -0.0298. The Kier molecular flexibility index (Phi) is 6.83. The largest absolute Gasteiger partial charge is 0.353 e. The highest BCUT2D eigenvalue weighted by molar-refractivity contribution is 5.92. The number of amides is 2. The van der Waals surface area contributed by atoms with Crippen molar-refractivity contribution >= 4 is 17.5 Å². The van der Waals surface area contributed by atoms with Crippen molar-refractivity contribution in [2.75, 3.05) is 11.4 Å². The number of nitrogens with zero attached hydrogens (tertiary/aromatic N) is 1. The van der Waals surface area contributed by atoms with Crippen molar-refractivity contribution in [2.24, 2.45) is 0 Å². The van der Waals surface area contributed by atoms with E-state index in [4.69, 9.17) is 0 Å². The number of anilines is 1. The third-order valence-corrected chi connectivity index (χ3v) is 4.78. The number of rotatable bonds is 6. The molecule has 1 aliphatic carbocycles. The molecule has 1 aromatic rings. The molecule has 1 aliphatic rings. The molecule has 1 fully saturated rings. The molecular weight excluding hydrogens is 300 g/mol. The van der Waals surface area contributed by atoms with E-state index in [0.29, 0.717) is 24.9 Å². The molecule has 0 spiro atoms. The van der Waals surface area contributed by atoms with E-state index in [9.17, 15) is 9.59 Å². The molecule has 0 atom stereocenters. The number of nitrogens with one attached hydrogen (secondary N) is 1. The Morgan fingerprint density at radius 3 is 2.29 bits per heavy atom. The number of carbonyl (C=O) groups excluding carboxylic acids is 2. The van der Waals surface area contributed by atoms with Crippen LogP contribution in [0.4, 0.5) is 5.69 Å². The lowest BCUT2D eigenvalue weighted by Gasteiger charge is -2.24. The van der Waals surface area contributed by atoms with Crippen LogP contribution < -0.4 is 10.2 Å². The van der Waals surface area contributed by atoms with Crippen LogP contribution in [0, 0.1) is 0 Å². The van der Waals surface area contributed by atoms with Crippen LogP contribution in [0.3, 0.4) is 0 Å². The molecule has 0 aliphatic heterocycles. The van der Waals surface area contributed by atoms with Crippen molar-refractivity contribution in [3.8, 4) is 0 Å². The summed E-state index contributed by atoms with van der Waals surface area (Å²) in [6.07, 6.45) is 6.19. The van der Waals surface area contributed by atoms with Gasteiger partial charge < -0.3 is 10.2 Å². The van der Waals surface area contributed by atoms with Crippen LogP contribution in [0.5, 0.6) is 0 Å². The Hall–Kier alpha value is -1.84. The van der Waals surface area contributed by atoms with Crippen molar-refractivity contribution in [3.05, 3.63) is 29.8 Å².